The summed E-state index contributed by atoms with van der Waals surface area (Å²) in [4.78, 5) is 30.2. The monoisotopic (exact) mass is 364 g/mol. The van der Waals surface area contributed by atoms with E-state index in [1.165, 1.54) is 0 Å². The summed E-state index contributed by atoms with van der Waals surface area (Å²) in [5.41, 5.74) is 3.37. The Kier molecular flexibility index (Phi) is 4.27. The van der Waals surface area contributed by atoms with Crippen LogP contribution in [0, 0.1) is 12.8 Å². The fourth-order valence-electron chi connectivity index (χ4n) is 3.45. The first-order chi connectivity index (χ1) is 13.0. The van der Waals surface area contributed by atoms with Crippen LogP contribution in [0.15, 0.2) is 48.7 Å². The summed E-state index contributed by atoms with van der Waals surface area (Å²) in [5, 5.41) is 12.1. The number of aryl methyl sites for hydroxylation is 1. The highest BCUT2D eigenvalue weighted by Crippen LogP contribution is 2.30. The number of hydrogen-bond donors (Lipinski definition) is 2. The van der Waals surface area contributed by atoms with Crippen molar-refractivity contribution < 1.29 is 14.7 Å². The van der Waals surface area contributed by atoms with E-state index in [9.17, 15) is 9.59 Å². The van der Waals surface area contributed by atoms with Crippen molar-refractivity contribution in [2.75, 3.05) is 18.4 Å². The van der Waals surface area contributed by atoms with Crippen LogP contribution in [-0.2, 0) is 4.79 Å². The van der Waals surface area contributed by atoms with E-state index in [-0.39, 0.29) is 12.6 Å². The van der Waals surface area contributed by atoms with Crippen LogP contribution in [0.3, 0.4) is 0 Å². The van der Waals surface area contributed by atoms with Crippen molar-refractivity contribution in [1.82, 2.24) is 14.3 Å². The van der Waals surface area contributed by atoms with Gasteiger partial charge in [-0.15, -0.1) is 0 Å². The lowest BCUT2D eigenvalue weighted by Crippen LogP contribution is -2.34. The van der Waals surface area contributed by atoms with E-state index in [0.29, 0.717) is 24.5 Å². The Morgan fingerprint density at radius 2 is 1.96 bits per heavy atom. The number of amides is 2. The first-order valence-electron chi connectivity index (χ1n) is 8.86. The number of rotatable bonds is 3. The highest BCUT2D eigenvalue weighted by Gasteiger charge is 2.31. The minimum absolute atomic E-state index is 0.220. The van der Waals surface area contributed by atoms with Crippen LogP contribution >= 0.6 is 0 Å². The van der Waals surface area contributed by atoms with E-state index in [0.717, 1.165) is 16.8 Å². The van der Waals surface area contributed by atoms with Crippen molar-refractivity contribution >= 4 is 23.5 Å². The van der Waals surface area contributed by atoms with Crippen LogP contribution in [0.4, 0.5) is 10.6 Å². The third-order valence-electron chi connectivity index (χ3n) is 4.94. The van der Waals surface area contributed by atoms with E-state index >= 15 is 0 Å². The van der Waals surface area contributed by atoms with Gasteiger partial charge < -0.3 is 10.0 Å². The highest BCUT2D eigenvalue weighted by atomic mass is 16.4. The second-order valence-corrected chi connectivity index (χ2v) is 6.76. The Labute approximate surface area is 156 Å². The van der Waals surface area contributed by atoms with Crippen LogP contribution < -0.4 is 5.32 Å². The summed E-state index contributed by atoms with van der Waals surface area (Å²) in [7, 11) is 0. The summed E-state index contributed by atoms with van der Waals surface area (Å²) in [5.74, 6) is -0.779. The molecule has 0 saturated carbocycles. The lowest BCUT2D eigenvalue weighted by Gasteiger charge is -2.17. The number of fused-ring (bicyclic) bond motifs is 1. The number of nitrogens with one attached hydrogen (secondary N) is 1. The molecule has 1 aliphatic rings. The zero-order chi connectivity index (χ0) is 19.0. The number of hydrogen-bond acceptors (Lipinski definition) is 3. The molecule has 0 spiro atoms. The number of carboxylic acid groups (broad SMARTS) is 1. The Morgan fingerprint density at radius 3 is 2.67 bits per heavy atom. The molecular weight excluding hydrogens is 344 g/mol. The number of urea groups is 1. The maximum atomic E-state index is 12.8. The van der Waals surface area contributed by atoms with Gasteiger partial charge in [-0.2, -0.15) is 0 Å². The van der Waals surface area contributed by atoms with Crippen molar-refractivity contribution in [2.24, 2.45) is 5.92 Å². The fourth-order valence-corrected chi connectivity index (χ4v) is 3.45. The molecule has 1 fully saturated rings. The SMILES string of the molecule is Cc1cccn2c(NC(=O)N3CCC(C(=O)O)C3)c(-c3ccccc3)nc12. The summed E-state index contributed by atoms with van der Waals surface area (Å²) in [6, 6.07) is 13.3. The van der Waals surface area contributed by atoms with Crippen molar-refractivity contribution in [3.63, 3.8) is 0 Å². The predicted octanol–water partition coefficient (Wildman–Crippen LogP) is 3.25. The van der Waals surface area contributed by atoms with Gasteiger partial charge in [-0.1, -0.05) is 36.4 Å². The summed E-state index contributed by atoms with van der Waals surface area (Å²) >= 11 is 0. The molecule has 1 atom stereocenters. The standard InChI is InChI=1S/C20H20N4O3/c1-13-6-5-10-24-17(13)21-16(14-7-3-2-4-8-14)18(24)22-20(27)23-11-9-15(12-23)19(25)26/h2-8,10,15H,9,11-12H2,1H3,(H,22,27)(H,25,26). The number of carboxylic acids is 1. The normalized spacial score (nSPS) is 16.6. The first-order valence-corrected chi connectivity index (χ1v) is 8.86. The van der Waals surface area contributed by atoms with Crippen LogP contribution in [0.5, 0.6) is 0 Å². The molecule has 2 aromatic heterocycles. The molecule has 3 aromatic rings. The van der Waals surface area contributed by atoms with E-state index in [4.69, 9.17) is 10.1 Å². The second-order valence-electron chi connectivity index (χ2n) is 6.76. The molecule has 7 nitrogen and oxygen atoms in total. The molecule has 3 heterocycles. The van der Waals surface area contributed by atoms with Crippen LogP contribution in [0.25, 0.3) is 16.9 Å². The van der Waals surface area contributed by atoms with Gasteiger partial charge >= 0.3 is 12.0 Å². The fraction of sp³-hybridized carbons (Fsp3) is 0.250. The van der Waals surface area contributed by atoms with Gasteiger partial charge in [-0.25, -0.2) is 9.78 Å². The van der Waals surface area contributed by atoms with Gasteiger partial charge in [0.1, 0.15) is 17.2 Å². The largest absolute Gasteiger partial charge is 0.481 e. The lowest BCUT2D eigenvalue weighted by molar-refractivity contribution is -0.141. The molecule has 1 aromatic carbocycles. The number of benzene rings is 1. The number of anilines is 1. The molecule has 0 aliphatic carbocycles. The van der Waals surface area contributed by atoms with Crippen molar-refractivity contribution in [3.05, 3.63) is 54.2 Å². The molecular formula is C20H20N4O3. The molecule has 2 amide bonds. The number of aromatic nitrogens is 2. The Balaban J connectivity index is 1.71. The molecule has 138 valence electrons. The Morgan fingerprint density at radius 1 is 1.19 bits per heavy atom. The molecule has 1 saturated heterocycles. The van der Waals surface area contributed by atoms with Crippen molar-refractivity contribution in [2.45, 2.75) is 13.3 Å². The zero-order valence-electron chi connectivity index (χ0n) is 14.9. The summed E-state index contributed by atoms with van der Waals surface area (Å²) in [6.07, 6.45) is 2.34. The molecule has 1 aliphatic heterocycles. The number of carbonyl (C=O) groups excluding carboxylic acids is 1. The van der Waals surface area contributed by atoms with E-state index < -0.39 is 11.9 Å². The predicted molar refractivity (Wildman–Crippen MR) is 102 cm³/mol. The maximum Gasteiger partial charge on any atom is 0.323 e. The maximum absolute atomic E-state index is 12.8. The molecule has 0 bridgehead atoms. The summed E-state index contributed by atoms with van der Waals surface area (Å²) < 4.78 is 1.86. The van der Waals surface area contributed by atoms with Gasteiger partial charge in [0.05, 0.1) is 5.92 Å². The van der Waals surface area contributed by atoms with Crippen LogP contribution in [0.1, 0.15) is 12.0 Å². The Bertz CT molecular complexity index is 1010. The number of carbonyl (C=O) groups is 2. The lowest BCUT2D eigenvalue weighted by atomic mass is 10.1. The smallest absolute Gasteiger partial charge is 0.323 e. The minimum atomic E-state index is -0.860. The Hall–Kier alpha value is -3.35. The number of likely N-dealkylation sites (tertiary alicyclic amines) is 1. The molecule has 27 heavy (non-hydrogen) atoms. The molecule has 4 rings (SSSR count). The van der Waals surface area contributed by atoms with E-state index in [2.05, 4.69) is 5.32 Å². The minimum Gasteiger partial charge on any atom is -0.481 e. The highest BCUT2D eigenvalue weighted by molar-refractivity contribution is 5.94. The third-order valence-corrected chi connectivity index (χ3v) is 4.94. The van der Waals surface area contributed by atoms with Gasteiger partial charge in [-0.05, 0) is 25.0 Å². The van der Waals surface area contributed by atoms with Crippen molar-refractivity contribution in [1.29, 1.82) is 0 Å². The summed E-state index contributed by atoms with van der Waals surface area (Å²) in [6.45, 7) is 2.62. The first kappa shape index (κ1) is 17.1. The molecule has 7 heteroatoms. The number of nitrogens with zero attached hydrogens (tertiary/aromatic N) is 3. The van der Waals surface area contributed by atoms with Gasteiger partial charge in [-0.3, -0.25) is 14.5 Å². The van der Waals surface area contributed by atoms with Gasteiger partial charge in [0, 0.05) is 24.8 Å². The van der Waals surface area contributed by atoms with E-state index in [1.807, 2.05) is 60.0 Å². The third kappa shape index (κ3) is 3.12. The average molecular weight is 364 g/mol. The molecule has 2 N–H and O–H groups in total. The van der Waals surface area contributed by atoms with E-state index in [1.54, 1.807) is 4.90 Å². The zero-order valence-corrected chi connectivity index (χ0v) is 14.9. The van der Waals surface area contributed by atoms with Crippen molar-refractivity contribution in [3.8, 4) is 11.3 Å². The van der Waals surface area contributed by atoms with Gasteiger partial charge in [0.2, 0.25) is 0 Å². The number of pyridine rings is 1. The van der Waals surface area contributed by atoms with Gasteiger partial charge in [0.15, 0.2) is 0 Å². The number of aliphatic carboxylic acids is 1. The van der Waals surface area contributed by atoms with Gasteiger partial charge in [0.25, 0.3) is 0 Å². The average Bonchev–Trinajstić information content (AvgIpc) is 3.29. The second kappa shape index (κ2) is 6.75. The van der Waals surface area contributed by atoms with Crippen LogP contribution in [0.2, 0.25) is 0 Å². The molecule has 1 unspecified atom stereocenters. The molecule has 0 radical (unpaired) electrons. The quantitative estimate of drug-likeness (QED) is 0.747. The number of imidazole rings is 1. The topological polar surface area (TPSA) is 86.9 Å². The van der Waals surface area contributed by atoms with Crippen LogP contribution in [-0.4, -0.2) is 44.5 Å².